The van der Waals surface area contributed by atoms with Gasteiger partial charge in [0, 0.05) is 11.3 Å². The van der Waals surface area contributed by atoms with E-state index in [-0.39, 0.29) is 12.5 Å². The molecule has 142 valence electrons. The Morgan fingerprint density at radius 1 is 1.00 bits per heavy atom. The molecule has 0 aromatic heterocycles. The Balaban J connectivity index is 1.78. The maximum atomic E-state index is 11.8. The highest BCUT2D eigenvalue weighted by Gasteiger charge is 2.12. The minimum atomic E-state index is -0.646. The molecule has 0 aliphatic rings. The number of nitrogens with one attached hydrogen (secondary N) is 1. The van der Waals surface area contributed by atoms with Crippen molar-refractivity contribution in [1.29, 1.82) is 0 Å². The summed E-state index contributed by atoms with van der Waals surface area (Å²) in [5.41, 5.74) is 6.93. The largest absolute Gasteiger partial charge is 0.482 e. The van der Waals surface area contributed by atoms with E-state index < -0.39 is 24.4 Å². The Kier molecular flexibility index (Phi) is 6.93. The molecule has 2 amide bonds. The molecule has 0 atom stereocenters. The number of hydrogen-bond donors (Lipinski definition) is 2. The number of nitrogens with two attached hydrogens (primary N) is 1. The van der Waals surface area contributed by atoms with Crippen molar-refractivity contribution in [2.75, 3.05) is 18.5 Å². The highest BCUT2D eigenvalue weighted by molar-refractivity contribution is 5.95. The minimum absolute atomic E-state index is 0.254. The normalized spacial score (nSPS) is 10.3. The second kappa shape index (κ2) is 9.38. The van der Waals surface area contributed by atoms with Crippen LogP contribution in [-0.2, 0) is 14.3 Å². The molecule has 0 saturated heterocycles. The third-order valence-corrected chi connectivity index (χ3v) is 3.70. The Labute approximate surface area is 157 Å². The van der Waals surface area contributed by atoms with Gasteiger partial charge in [-0.3, -0.25) is 9.59 Å². The molecular weight excluding hydrogens is 348 g/mol. The highest BCUT2D eigenvalue weighted by Crippen LogP contribution is 2.25. The first-order valence-electron chi connectivity index (χ1n) is 8.44. The number of ether oxygens (including phenoxy) is 2. The summed E-state index contributed by atoms with van der Waals surface area (Å²) in [6.07, 6.45) is 0. The third-order valence-electron chi connectivity index (χ3n) is 3.70. The van der Waals surface area contributed by atoms with Crippen molar-refractivity contribution in [3.63, 3.8) is 0 Å². The van der Waals surface area contributed by atoms with Crippen molar-refractivity contribution in [3.05, 3.63) is 59.7 Å². The van der Waals surface area contributed by atoms with E-state index in [0.717, 1.165) is 5.56 Å². The molecule has 0 unspecified atom stereocenters. The summed E-state index contributed by atoms with van der Waals surface area (Å²) in [5, 5.41) is 2.55. The van der Waals surface area contributed by atoms with Crippen LogP contribution in [-0.4, -0.2) is 31.0 Å². The fourth-order valence-corrected chi connectivity index (χ4v) is 2.33. The lowest BCUT2D eigenvalue weighted by molar-refractivity contribution is -0.149. The van der Waals surface area contributed by atoms with Crippen molar-refractivity contribution < 1.29 is 23.9 Å². The summed E-state index contributed by atoms with van der Waals surface area (Å²) >= 11 is 0. The van der Waals surface area contributed by atoms with Gasteiger partial charge in [0.1, 0.15) is 5.75 Å². The minimum Gasteiger partial charge on any atom is -0.482 e. The standard InChI is InChI=1S/C20H22N2O5/c1-13(2)16-5-3-4-6-17(16)26-12-19(24)27-11-18(23)22-15-9-7-14(8-10-15)20(21)25/h3-10,13H,11-12H2,1-2H3,(H2,21,25)(H,22,23). The molecule has 0 radical (unpaired) electrons. The quantitative estimate of drug-likeness (QED) is 0.694. The molecule has 0 fully saturated rings. The van der Waals surface area contributed by atoms with Crippen LogP contribution in [0.15, 0.2) is 48.5 Å². The van der Waals surface area contributed by atoms with E-state index in [1.54, 1.807) is 6.07 Å². The van der Waals surface area contributed by atoms with Gasteiger partial charge >= 0.3 is 5.97 Å². The van der Waals surface area contributed by atoms with Crippen molar-refractivity contribution in [2.45, 2.75) is 19.8 Å². The van der Waals surface area contributed by atoms with Crippen molar-refractivity contribution >= 4 is 23.5 Å². The number of anilines is 1. The summed E-state index contributed by atoms with van der Waals surface area (Å²) in [4.78, 5) is 34.6. The molecule has 7 nitrogen and oxygen atoms in total. The second-order valence-corrected chi connectivity index (χ2v) is 6.13. The molecule has 3 N–H and O–H groups in total. The van der Waals surface area contributed by atoms with Gasteiger partial charge in [-0.1, -0.05) is 32.0 Å². The Hall–Kier alpha value is -3.35. The number of carbonyl (C=O) groups is 3. The van der Waals surface area contributed by atoms with Crippen LogP contribution in [0.4, 0.5) is 5.69 Å². The molecule has 0 aliphatic carbocycles. The second-order valence-electron chi connectivity index (χ2n) is 6.13. The van der Waals surface area contributed by atoms with Crippen LogP contribution in [0.3, 0.4) is 0 Å². The van der Waals surface area contributed by atoms with Gasteiger partial charge in [0.15, 0.2) is 13.2 Å². The van der Waals surface area contributed by atoms with Gasteiger partial charge in [0.25, 0.3) is 5.91 Å². The molecule has 0 spiro atoms. The topological polar surface area (TPSA) is 108 Å². The van der Waals surface area contributed by atoms with E-state index in [1.807, 2.05) is 32.0 Å². The van der Waals surface area contributed by atoms with E-state index in [4.69, 9.17) is 15.2 Å². The zero-order valence-electron chi connectivity index (χ0n) is 15.2. The molecule has 2 rings (SSSR count). The zero-order valence-corrected chi connectivity index (χ0v) is 15.2. The summed E-state index contributed by atoms with van der Waals surface area (Å²) in [5.74, 6) is -0.834. The molecule has 0 saturated carbocycles. The fourth-order valence-electron chi connectivity index (χ4n) is 2.33. The average molecular weight is 370 g/mol. The molecule has 0 heterocycles. The van der Waals surface area contributed by atoms with E-state index in [9.17, 15) is 14.4 Å². The number of esters is 1. The monoisotopic (exact) mass is 370 g/mol. The van der Waals surface area contributed by atoms with Gasteiger partial charge in [0.05, 0.1) is 0 Å². The predicted octanol–water partition coefficient (Wildman–Crippen LogP) is 2.47. The zero-order chi connectivity index (χ0) is 19.8. The first-order chi connectivity index (χ1) is 12.9. The SMILES string of the molecule is CC(C)c1ccccc1OCC(=O)OCC(=O)Nc1ccc(C(N)=O)cc1. The Morgan fingerprint density at radius 2 is 1.67 bits per heavy atom. The maximum Gasteiger partial charge on any atom is 0.344 e. The number of carbonyl (C=O) groups excluding carboxylic acids is 3. The number of rotatable bonds is 8. The molecule has 2 aromatic carbocycles. The Morgan fingerprint density at radius 3 is 2.30 bits per heavy atom. The summed E-state index contributed by atoms with van der Waals surface area (Å²) in [6.45, 7) is 3.33. The first-order valence-corrected chi connectivity index (χ1v) is 8.44. The first kappa shape index (κ1) is 20.0. The highest BCUT2D eigenvalue weighted by atomic mass is 16.6. The molecule has 0 bridgehead atoms. The van der Waals surface area contributed by atoms with Crippen molar-refractivity contribution in [3.8, 4) is 5.75 Å². The van der Waals surface area contributed by atoms with Gasteiger partial charge in [-0.15, -0.1) is 0 Å². The number of para-hydroxylation sites is 1. The van der Waals surface area contributed by atoms with Crippen LogP contribution >= 0.6 is 0 Å². The predicted molar refractivity (Wildman–Crippen MR) is 101 cm³/mol. The number of benzene rings is 2. The van der Waals surface area contributed by atoms with E-state index in [1.165, 1.54) is 24.3 Å². The van der Waals surface area contributed by atoms with Crippen LogP contribution in [0.2, 0.25) is 0 Å². The fraction of sp³-hybridized carbons (Fsp3) is 0.250. The van der Waals surface area contributed by atoms with Crippen LogP contribution in [0.1, 0.15) is 35.7 Å². The van der Waals surface area contributed by atoms with Crippen LogP contribution in [0.25, 0.3) is 0 Å². The van der Waals surface area contributed by atoms with Crippen molar-refractivity contribution in [1.82, 2.24) is 0 Å². The number of amides is 2. The van der Waals surface area contributed by atoms with Crippen molar-refractivity contribution in [2.24, 2.45) is 5.73 Å². The molecular formula is C20H22N2O5. The number of primary amides is 1. The van der Waals surface area contributed by atoms with E-state index >= 15 is 0 Å². The lowest BCUT2D eigenvalue weighted by atomic mass is 10.0. The van der Waals surface area contributed by atoms with Gasteiger partial charge in [-0.05, 0) is 41.8 Å². The van der Waals surface area contributed by atoms with Gasteiger partial charge in [-0.25, -0.2) is 4.79 Å². The Bertz CT molecular complexity index is 815. The lowest BCUT2D eigenvalue weighted by Gasteiger charge is -2.13. The molecule has 27 heavy (non-hydrogen) atoms. The average Bonchev–Trinajstić information content (AvgIpc) is 2.65. The maximum absolute atomic E-state index is 11.8. The molecule has 0 aliphatic heterocycles. The summed E-state index contributed by atoms with van der Waals surface area (Å²) < 4.78 is 10.4. The third kappa shape index (κ3) is 6.14. The summed E-state index contributed by atoms with van der Waals surface area (Å²) in [7, 11) is 0. The lowest BCUT2D eigenvalue weighted by Crippen LogP contribution is -2.24. The summed E-state index contributed by atoms with van der Waals surface area (Å²) in [6, 6.07) is 13.5. The van der Waals surface area contributed by atoms with E-state index in [2.05, 4.69) is 5.32 Å². The molecule has 2 aromatic rings. The van der Waals surface area contributed by atoms with E-state index in [0.29, 0.717) is 17.0 Å². The molecule has 7 heteroatoms. The van der Waals surface area contributed by atoms with Gasteiger partial charge < -0.3 is 20.5 Å². The van der Waals surface area contributed by atoms with Gasteiger partial charge in [-0.2, -0.15) is 0 Å². The van der Waals surface area contributed by atoms with Crippen LogP contribution in [0.5, 0.6) is 5.75 Å². The van der Waals surface area contributed by atoms with Crippen LogP contribution in [0, 0.1) is 0 Å². The van der Waals surface area contributed by atoms with Gasteiger partial charge in [0.2, 0.25) is 5.91 Å². The van der Waals surface area contributed by atoms with Crippen LogP contribution < -0.4 is 15.8 Å². The number of hydrogen-bond acceptors (Lipinski definition) is 5. The smallest absolute Gasteiger partial charge is 0.344 e.